The summed E-state index contributed by atoms with van der Waals surface area (Å²) in [5.41, 5.74) is 1.20. The third kappa shape index (κ3) is 2.36. The fraction of sp³-hybridized carbons (Fsp3) is 0.0909. The van der Waals surface area contributed by atoms with Crippen LogP contribution in [0.2, 0.25) is 0 Å². The minimum Gasteiger partial charge on any atom is -0.318 e. The van der Waals surface area contributed by atoms with Crippen molar-refractivity contribution in [1.29, 1.82) is 0 Å². The molecule has 0 saturated carbocycles. The van der Waals surface area contributed by atoms with E-state index in [0.29, 0.717) is 11.6 Å². The van der Waals surface area contributed by atoms with Crippen LogP contribution in [0, 0.1) is 17.0 Å². The van der Waals surface area contributed by atoms with Crippen LogP contribution >= 0.6 is 0 Å². The predicted molar refractivity (Wildman–Crippen MR) is 63.1 cm³/mol. The van der Waals surface area contributed by atoms with Gasteiger partial charge in [-0.3, -0.25) is 10.1 Å². The number of benzene rings is 1. The number of anilines is 2. The average Bonchev–Trinajstić information content (AvgIpc) is 2.33. The first-order chi connectivity index (χ1) is 8.18. The summed E-state index contributed by atoms with van der Waals surface area (Å²) in [7, 11) is 0. The first-order valence-electron chi connectivity index (χ1n) is 4.96. The molecule has 6 nitrogen and oxygen atoms in total. The van der Waals surface area contributed by atoms with Gasteiger partial charge in [0.15, 0.2) is 0 Å². The first kappa shape index (κ1) is 11.0. The zero-order valence-corrected chi connectivity index (χ0v) is 9.12. The highest BCUT2D eigenvalue weighted by Gasteiger charge is 2.15. The van der Waals surface area contributed by atoms with Crippen LogP contribution in [-0.4, -0.2) is 14.9 Å². The predicted octanol–water partition coefficient (Wildman–Crippen LogP) is 2.44. The number of hydrogen-bond acceptors (Lipinski definition) is 5. The Bertz CT molecular complexity index is 542. The molecule has 1 N–H and O–H groups in total. The van der Waals surface area contributed by atoms with Crippen LogP contribution in [0.4, 0.5) is 17.3 Å². The van der Waals surface area contributed by atoms with Crippen LogP contribution in [0.1, 0.15) is 5.56 Å². The summed E-state index contributed by atoms with van der Waals surface area (Å²) in [4.78, 5) is 18.4. The summed E-state index contributed by atoms with van der Waals surface area (Å²) in [6.45, 7) is 1.79. The van der Waals surface area contributed by atoms with Crippen LogP contribution in [0.15, 0.2) is 36.7 Å². The van der Waals surface area contributed by atoms with Crippen molar-refractivity contribution in [2.75, 3.05) is 5.32 Å². The van der Waals surface area contributed by atoms with Gasteiger partial charge < -0.3 is 5.32 Å². The third-order valence-electron chi connectivity index (χ3n) is 2.25. The van der Waals surface area contributed by atoms with Crippen molar-refractivity contribution in [2.45, 2.75) is 6.92 Å². The van der Waals surface area contributed by atoms with Crippen LogP contribution < -0.4 is 5.32 Å². The monoisotopic (exact) mass is 230 g/mol. The van der Waals surface area contributed by atoms with Gasteiger partial charge in [0.25, 0.3) is 5.69 Å². The molecule has 2 rings (SSSR count). The molecule has 0 aliphatic rings. The molecule has 0 atom stereocenters. The Morgan fingerprint density at radius 2 is 1.94 bits per heavy atom. The molecule has 0 aliphatic heterocycles. The van der Waals surface area contributed by atoms with E-state index in [-0.39, 0.29) is 5.69 Å². The Morgan fingerprint density at radius 1 is 1.24 bits per heavy atom. The van der Waals surface area contributed by atoms with Gasteiger partial charge in [-0.25, -0.2) is 9.97 Å². The third-order valence-corrected chi connectivity index (χ3v) is 2.25. The average molecular weight is 230 g/mol. The standard InChI is InChI=1S/C11H10N4O2/c1-8-4-2-5-9(15(16)17)10(8)14-11-12-6-3-7-13-11/h2-7H,1H3,(H,12,13,14). The van der Waals surface area contributed by atoms with Gasteiger partial charge in [0, 0.05) is 18.5 Å². The summed E-state index contributed by atoms with van der Waals surface area (Å²) in [5, 5.41) is 13.7. The van der Waals surface area contributed by atoms with Crippen molar-refractivity contribution in [3.05, 3.63) is 52.3 Å². The van der Waals surface area contributed by atoms with Crippen molar-refractivity contribution >= 4 is 17.3 Å². The molecule has 1 aromatic heterocycles. The normalized spacial score (nSPS) is 9.94. The number of nitrogens with zero attached hydrogens (tertiary/aromatic N) is 3. The number of nitro benzene ring substituents is 1. The number of hydrogen-bond donors (Lipinski definition) is 1. The van der Waals surface area contributed by atoms with Crippen molar-refractivity contribution < 1.29 is 4.92 Å². The van der Waals surface area contributed by atoms with Crippen molar-refractivity contribution in [2.24, 2.45) is 0 Å². The van der Waals surface area contributed by atoms with E-state index in [1.807, 2.05) is 0 Å². The van der Waals surface area contributed by atoms with Gasteiger partial charge in [0.1, 0.15) is 5.69 Å². The number of para-hydroxylation sites is 1. The van der Waals surface area contributed by atoms with E-state index >= 15 is 0 Å². The van der Waals surface area contributed by atoms with Gasteiger partial charge in [0.05, 0.1) is 4.92 Å². The molecule has 6 heteroatoms. The van der Waals surface area contributed by atoms with E-state index in [0.717, 1.165) is 5.56 Å². The van der Waals surface area contributed by atoms with E-state index < -0.39 is 4.92 Å². The highest BCUT2D eigenvalue weighted by molar-refractivity contribution is 5.70. The number of rotatable bonds is 3. The minimum absolute atomic E-state index is 0.0115. The largest absolute Gasteiger partial charge is 0.318 e. The maximum absolute atomic E-state index is 10.9. The molecule has 1 heterocycles. The van der Waals surface area contributed by atoms with Crippen LogP contribution in [0.25, 0.3) is 0 Å². The van der Waals surface area contributed by atoms with Crippen molar-refractivity contribution in [1.82, 2.24) is 9.97 Å². The van der Waals surface area contributed by atoms with Crippen molar-refractivity contribution in [3.8, 4) is 0 Å². The molecule has 2 aromatic rings. The number of aryl methyl sites for hydroxylation is 1. The molecule has 0 fully saturated rings. The van der Waals surface area contributed by atoms with Gasteiger partial charge in [0.2, 0.25) is 5.95 Å². The number of nitrogens with one attached hydrogen (secondary N) is 1. The van der Waals surface area contributed by atoms with Crippen LogP contribution in [0.5, 0.6) is 0 Å². The Balaban J connectivity index is 2.41. The summed E-state index contributed by atoms with van der Waals surface area (Å²) in [5.74, 6) is 0.338. The summed E-state index contributed by atoms with van der Waals surface area (Å²) >= 11 is 0. The lowest BCUT2D eigenvalue weighted by atomic mass is 10.1. The van der Waals surface area contributed by atoms with Gasteiger partial charge in [-0.1, -0.05) is 12.1 Å². The van der Waals surface area contributed by atoms with Crippen molar-refractivity contribution in [3.63, 3.8) is 0 Å². The summed E-state index contributed by atoms with van der Waals surface area (Å²) in [6.07, 6.45) is 3.14. The summed E-state index contributed by atoms with van der Waals surface area (Å²) < 4.78 is 0. The fourth-order valence-corrected chi connectivity index (χ4v) is 1.44. The smallest absolute Gasteiger partial charge is 0.293 e. The van der Waals surface area contributed by atoms with E-state index in [1.165, 1.54) is 6.07 Å². The van der Waals surface area contributed by atoms with Gasteiger partial charge in [-0.05, 0) is 18.6 Å². The SMILES string of the molecule is Cc1cccc([N+](=O)[O-])c1Nc1ncccn1. The number of nitro groups is 1. The van der Waals surface area contributed by atoms with Crippen LogP contribution in [-0.2, 0) is 0 Å². The zero-order valence-electron chi connectivity index (χ0n) is 9.12. The molecule has 1 aromatic carbocycles. The first-order valence-corrected chi connectivity index (χ1v) is 4.96. The molecule has 0 bridgehead atoms. The zero-order chi connectivity index (χ0) is 12.3. The van der Waals surface area contributed by atoms with E-state index in [4.69, 9.17) is 0 Å². The van der Waals surface area contributed by atoms with Gasteiger partial charge in [-0.2, -0.15) is 0 Å². The van der Waals surface area contributed by atoms with E-state index in [2.05, 4.69) is 15.3 Å². The maximum atomic E-state index is 10.9. The molecular formula is C11H10N4O2. The molecule has 0 amide bonds. The molecule has 0 saturated heterocycles. The molecule has 0 aliphatic carbocycles. The lowest BCUT2D eigenvalue weighted by molar-refractivity contribution is -0.384. The molecule has 86 valence electrons. The quantitative estimate of drug-likeness (QED) is 0.646. The second-order valence-electron chi connectivity index (χ2n) is 3.42. The molecule has 0 unspecified atom stereocenters. The lowest BCUT2D eigenvalue weighted by Crippen LogP contribution is -2.01. The fourth-order valence-electron chi connectivity index (χ4n) is 1.44. The van der Waals surface area contributed by atoms with E-state index in [9.17, 15) is 10.1 Å². The second kappa shape index (κ2) is 4.56. The Labute approximate surface area is 97.5 Å². The molecular weight excluding hydrogens is 220 g/mol. The molecule has 17 heavy (non-hydrogen) atoms. The van der Waals surface area contributed by atoms with Crippen LogP contribution in [0.3, 0.4) is 0 Å². The highest BCUT2D eigenvalue weighted by atomic mass is 16.6. The Morgan fingerprint density at radius 3 is 2.59 bits per heavy atom. The Kier molecular flexibility index (Phi) is 2.95. The van der Waals surface area contributed by atoms with Gasteiger partial charge >= 0.3 is 0 Å². The Hall–Kier alpha value is -2.50. The molecule has 0 spiro atoms. The van der Waals surface area contributed by atoms with E-state index in [1.54, 1.807) is 37.5 Å². The maximum Gasteiger partial charge on any atom is 0.293 e. The lowest BCUT2D eigenvalue weighted by Gasteiger charge is -2.07. The highest BCUT2D eigenvalue weighted by Crippen LogP contribution is 2.29. The minimum atomic E-state index is -0.432. The second-order valence-corrected chi connectivity index (χ2v) is 3.42. The summed E-state index contributed by atoms with van der Waals surface area (Å²) in [6, 6.07) is 6.55. The number of aromatic nitrogens is 2. The van der Waals surface area contributed by atoms with Gasteiger partial charge in [-0.15, -0.1) is 0 Å². The molecule has 0 radical (unpaired) electrons. The topological polar surface area (TPSA) is 81.0 Å².